The Morgan fingerprint density at radius 3 is 2.57 bits per heavy atom. The molecule has 23 heavy (non-hydrogen) atoms. The van der Waals surface area contributed by atoms with Crippen molar-refractivity contribution in [3.05, 3.63) is 45.7 Å². The lowest BCUT2D eigenvalue weighted by Gasteiger charge is -2.24. The second kappa shape index (κ2) is 7.68. The third-order valence-electron chi connectivity index (χ3n) is 3.59. The first-order chi connectivity index (χ1) is 10.9. The molecule has 0 aliphatic carbocycles. The molecule has 0 saturated heterocycles. The lowest BCUT2D eigenvalue weighted by atomic mass is 10.1. The predicted octanol–water partition coefficient (Wildman–Crippen LogP) is 4.27. The zero-order valence-electron chi connectivity index (χ0n) is 14.5. The third kappa shape index (κ3) is 4.61. The summed E-state index contributed by atoms with van der Waals surface area (Å²) in [6.07, 6.45) is 1.68. The minimum absolute atomic E-state index is 0.0178. The van der Waals surface area contributed by atoms with Crippen molar-refractivity contribution in [2.24, 2.45) is 5.92 Å². The van der Waals surface area contributed by atoms with Crippen LogP contribution in [0.4, 0.5) is 0 Å². The Morgan fingerprint density at radius 1 is 1.26 bits per heavy atom. The number of nitrogens with zero attached hydrogens (tertiary/aromatic N) is 3. The number of thiophene rings is 1. The highest BCUT2D eigenvalue weighted by Crippen LogP contribution is 2.20. The molecule has 124 valence electrons. The maximum Gasteiger partial charge on any atom is 0.272 e. The quantitative estimate of drug-likeness (QED) is 0.794. The lowest BCUT2D eigenvalue weighted by molar-refractivity contribution is 0.0717. The normalized spacial score (nSPS) is 11.3. The Labute approximate surface area is 142 Å². The van der Waals surface area contributed by atoms with Crippen LogP contribution in [0.15, 0.2) is 23.7 Å². The zero-order valence-corrected chi connectivity index (χ0v) is 15.4. The molecule has 0 unspecified atom stereocenters. The second-order valence-electron chi connectivity index (χ2n) is 6.56. The van der Waals surface area contributed by atoms with Crippen LogP contribution in [-0.4, -0.2) is 27.3 Å². The van der Waals surface area contributed by atoms with Gasteiger partial charge in [-0.05, 0) is 35.9 Å². The molecule has 2 rings (SSSR count). The van der Waals surface area contributed by atoms with E-state index in [0.29, 0.717) is 24.0 Å². The van der Waals surface area contributed by atoms with E-state index in [4.69, 9.17) is 0 Å². The molecule has 0 spiro atoms. The number of hydrogen-bond acceptors (Lipinski definition) is 4. The third-order valence-corrected chi connectivity index (χ3v) is 4.59. The van der Waals surface area contributed by atoms with Crippen LogP contribution in [0.2, 0.25) is 0 Å². The zero-order chi connectivity index (χ0) is 17.0. The summed E-state index contributed by atoms with van der Waals surface area (Å²) < 4.78 is 0. The van der Waals surface area contributed by atoms with Crippen LogP contribution in [0, 0.1) is 12.8 Å². The van der Waals surface area contributed by atoms with Crippen molar-refractivity contribution in [2.45, 2.75) is 47.1 Å². The van der Waals surface area contributed by atoms with Gasteiger partial charge in [-0.1, -0.05) is 27.7 Å². The van der Waals surface area contributed by atoms with Crippen molar-refractivity contribution in [1.29, 1.82) is 0 Å². The summed E-state index contributed by atoms with van der Waals surface area (Å²) in [5.74, 6) is 1.31. The standard InChI is InChI=1S/C18H25N3OS/c1-12(2)10-21(11-16-14(5)7-9-23-16)18(22)15-6-8-19-17(20-15)13(3)4/h6-9,12-13H,10-11H2,1-5H3. The van der Waals surface area contributed by atoms with Gasteiger partial charge < -0.3 is 4.90 Å². The van der Waals surface area contributed by atoms with Crippen LogP contribution in [0.3, 0.4) is 0 Å². The summed E-state index contributed by atoms with van der Waals surface area (Å²) in [7, 11) is 0. The van der Waals surface area contributed by atoms with Gasteiger partial charge in [-0.2, -0.15) is 0 Å². The molecule has 2 aromatic heterocycles. The van der Waals surface area contributed by atoms with Crippen LogP contribution in [0.5, 0.6) is 0 Å². The predicted molar refractivity (Wildman–Crippen MR) is 94.8 cm³/mol. The van der Waals surface area contributed by atoms with Gasteiger partial charge in [0, 0.05) is 23.5 Å². The van der Waals surface area contributed by atoms with Gasteiger partial charge in [0.05, 0.1) is 6.54 Å². The highest BCUT2D eigenvalue weighted by molar-refractivity contribution is 7.10. The molecule has 0 atom stereocenters. The summed E-state index contributed by atoms with van der Waals surface area (Å²) in [6, 6.07) is 3.81. The molecular formula is C18H25N3OS. The van der Waals surface area contributed by atoms with Crippen LogP contribution >= 0.6 is 11.3 Å². The van der Waals surface area contributed by atoms with E-state index in [2.05, 4.69) is 42.2 Å². The van der Waals surface area contributed by atoms with E-state index in [0.717, 1.165) is 6.54 Å². The number of carbonyl (C=O) groups excluding carboxylic acids is 1. The number of aryl methyl sites for hydroxylation is 1. The summed E-state index contributed by atoms with van der Waals surface area (Å²) in [5, 5.41) is 2.07. The SMILES string of the molecule is Cc1ccsc1CN(CC(C)C)C(=O)c1ccnc(C(C)C)n1. The topological polar surface area (TPSA) is 46.1 Å². The summed E-state index contributed by atoms with van der Waals surface area (Å²) in [4.78, 5) is 24.8. The number of rotatable bonds is 6. The highest BCUT2D eigenvalue weighted by atomic mass is 32.1. The minimum atomic E-state index is -0.0178. The van der Waals surface area contributed by atoms with Gasteiger partial charge in [0.1, 0.15) is 11.5 Å². The van der Waals surface area contributed by atoms with Crippen molar-refractivity contribution in [3.8, 4) is 0 Å². The molecule has 0 N–H and O–H groups in total. The van der Waals surface area contributed by atoms with Gasteiger partial charge >= 0.3 is 0 Å². The van der Waals surface area contributed by atoms with Gasteiger partial charge in [0.15, 0.2) is 0 Å². The highest BCUT2D eigenvalue weighted by Gasteiger charge is 2.20. The van der Waals surface area contributed by atoms with Crippen LogP contribution in [0.25, 0.3) is 0 Å². The van der Waals surface area contributed by atoms with Crippen LogP contribution < -0.4 is 0 Å². The van der Waals surface area contributed by atoms with Gasteiger partial charge in [0.25, 0.3) is 5.91 Å². The minimum Gasteiger partial charge on any atom is -0.332 e. The van der Waals surface area contributed by atoms with Crippen molar-refractivity contribution in [1.82, 2.24) is 14.9 Å². The van der Waals surface area contributed by atoms with Gasteiger partial charge in [-0.3, -0.25) is 4.79 Å². The molecular weight excluding hydrogens is 306 g/mol. The molecule has 2 heterocycles. The molecule has 1 amide bonds. The fourth-order valence-electron chi connectivity index (χ4n) is 2.33. The van der Waals surface area contributed by atoms with E-state index < -0.39 is 0 Å². The van der Waals surface area contributed by atoms with E-state index in [-0.39, 0.29) is 11.8 Å². The molecule has 0 saturated carbocycles. The lowest BCUT2D eigenvalue weighted by Crippen LogP contribution is -2.34. The van der Waals surface area contributed by atoms with Crippen LogP contribution in [-0.2, 0) is 6.54 Å². The van der Waals surface area contributed by atoms with Crippen molar-refractivity contribution in [3.63, 3.8) is 0 Å². The molecule has 4 nitrogen and oxygen atoms in total. The Bertz CT molecular complexity index is 664. The second-order valence-corrected chi connectivity index (χ2v) is 7.56. The maximum absolute atomic E-state index is 12.9. The van der Waals surface area contributed by atoms with E-state index in [1.165, 1.54) is 10.4 Å². The number of aromatic nitrogens is 2. The first kappa shape index (κ1) is 17.6. The fourth-order valence-corrected chi connectivity index (χ4v) is 3.25. The fraction of sp³-hybridized carbons (Fsp3) is 0.500. The molecule has 2 aromatic rings. The molecule has 0 aromatic carbocycles. The maximum atomic E-state index is 12.9. The smallest absolute Gasteiger partial charge is 0.272 e. The van der Waals surface area contributed by atoms with Gasteiger partial charge in [-0.25, -0.2) is 9.97 Å². The summed E-state index contributed by atoms with van der Waals surface area (Å²) >= 11 is 1.70. The Hall–Kier alpha value is -1.75. The van der Waals surface area contributed by atoms with E-state index >= 15 is 0 Å². The summed E-state index contributed by atoms with van der Waals surface area (Å²) in [5.41, 5.74) is 1.72. The van der Waals surface area contributed by atoms with Gasteiger partial charge in [0.2, 0.25) is 0 Å². The molecule has 5 heteroatoms. The monoisotopic (exact) mass is 331 g/mol. The van der Waals surface area contributed by atoms with Crippen molar-refractivity contribution >= 4 is 17.2 Å². The largest absolute Gasteiger partial charge is 0.332 e. The first-order valence-corrected chi connectivity index (χ1v) is 8.91. The van der Waals surface area contributed by atoms with Crippen molar-refractivity contribution < 1.29 is 4.79 Å². The Kier molecular flexibility index (Phi) is 5.88. The molecule has 0 radical (unpaired) electrons. The van der Waals surface area contributed by atoms with Gasteiger partial charge in [-0.15, -0.1) is 11.3 Å². The average molecular weight is 331 g/mol. The van der Waals surface area contributed by atoms with Crippen LogP contribution in [0.1, 0.15) is 60.4 Å². The average Bonchev–Trinajstić information content (AvgIpc) is 2.90. The molecule has 0 fully saturated rings. The molecule has 0 bridgehead atoms. The first-order valence-electron chi connectivity index (χ1n) is 8.03. The van der Waals surface area contributed by atoms with E-state index in [1.807, 2.05) is 18.7 Å². The Morgan fingerprint density at radius 2 is 2.00 bits per heavy atom. The Balaban J connectivity index is 2.26. The molecule has 0 aliphatic rings. The van der Waals surface area contributed by atoms with E-state index in [9.17, 15) is 4.79 Å². The van der Waals surface area contributed by atoms with Crippen molar-refractivity contribution in [2.75, 3.05) is 6.54 Å². The number of carbonyl (C=O) groups is 1. The van der Waals surface area contributed by atoms with E-state index in [1.54, 1.807) is 23.6 Å². The summed E-state index contributed by atoms with van der Waals surface area (Å²) in [6.45, 7) is 11.8. The number of hydrogen-bond donors (Lipinski definition) is 0. The number of amides is 1. The molecule has 0 aliphatic heterocycles.